The number of guanidine groups is 1. The van der Waals surface area contributed by atoms with E-state index in [1.165, 1.54) is 6.07 Å². The molecule has 0 radical (unpaired) electrons. The van der Waals surface area contributed by atoms with Gasteiger partial charge in [-0.25, -0.2) is 4.99 Å². The van der Waals surface area contributed by atoms with Gasteiger partial charge in [0, 0.05) is 12.6 Å². The van der Waals surface area contributed by atoms with Gasteiger partial charge in [-0.2, -0.15) is 8.78 Å². The molecule has 2 N–H and O–H groups in total. The van der Waals surface area contributed by atoms with E-state index in [0.717, 1.165) is 12.1 Å². The highest BCUT2D eigenvalue weighted by Crippen LogP contribution is 2.16. The van der Waals surface area contributed by atoms with Crippen LogP contribution in [0.4, 0.5) is 8.78 Å². The number of hydrogen-bond acceptors (Lipinski definition) is 2. The maximum Gasteiger partial charge on any atom is 0.387 e. The van der Waals surface area contributed by atoms with Gasteiger partial charge in [-0.05, 0) is 37.5 Å². The topological polar surface area (TPSA) is 45.7 Å². The van der Waals surface area contributed by atoms with Crippen LogP contribution in [-0.4, -0.2) is 25.2 Å². The van der Waals surface area contributed by atoms with E-state index < -0.39 is 6.61 Å². The van der Waals surface area contributed by atoms with Crippen molar-refractivity contribution in [1.82, 2.24) is 10.6 Å². The Bertz CT molecular complexity index is 478. The molecule has 0 bridgehead atoms. The Hall–Kier alpha value is -1.85. The molecule has 1 unspecified atom stereocenters. The number of halogens is 2. The van der Waals surface area contributed by atoms with Gasteiger partial charge in [-0.3, -0.25) is 0 Å². The number of ether oxygens (including phenoxy) is 1. The van der Waals surface area contributed by atoms with Crippen LogP contribution in [-0.2, 0) is 6.54 Å². The maximum absolute atomic E-state index is 12.2. The van der Waals surface area contributed by atoms with E-state index in [-0.39, 0.29) is 11.8 Å². The van der Waals surface area contributed by atoms with Gasteiger partial charge >= 0.3 is 6.61 Å². The predicted octanol–water partition coefficient (Wildman–Crippen LogP) is 3.39. The van der Waals surface area contributed by atoms with Crippen LogP contribution in [0.25, 0.3) is 0 Å². The van der Waals surface area contributed by atoms with Crippen molar-refractivity contribution in [3.8, 4) is 5.75 Å². The van der Waals surface area contributed by atoms with Gasteiger partial charge in [-0.1, -0.05) is 26.0 Å². The molecule has 0 aromatic heterocycles. The first kappa shape index (κ1) is 18.2. The van der Waals surface area contributed by atoms with Gasteiger partial charge in [-0.15, -0.1) is 0 Å². The first-order valence-electron chi connectivity index (χ1n) is 7.51. The smallest absolute Gasteiger partial charge is 0.387 e. The molecule has 6 heteroatoms. The van der Waals surface area contributed by atoms with Crippen LogP contribution < -0.4 is 15.4 Å². The van der Waals surface area contributed by atoms with E-state index in [4.69, 9.17) is 0 Å². The van der Waals surface area contributed by atoms with Crippen LogP contribution >= 0.6 is 0 Å². The lowest BCUT2D eigenvalue weighted by Gasteiger charge is -2.20. The third kappa shape index (κ3) is 6.74. The third-order valence-electron chi connectivity index (χ3n) is 3.25. The van der Waals surface area contributed by atoms with Crippen LogP contribution in [0.15, 0.2) is 29.3 Å². The van der Waals surface area contributed by atoms with Gasteiger partial charge in [0.15, 0.2) is 5.96 Å². The van der Waals surface area contributed by atoms with E-state index >= 15 is 0 Å². The van der Waals surface area contributed by atoms with Crippen molar-refractivity contribution >= 4 is 5.96 Å². The molecule has 4 nitrogen and oxygen atoms in total. The van der Waals surface area contributed by atoms with Gasteiger partial charge in [0.1, 0.15) is 5.75 Å². The second-order valence-electron chi connectivity index (χ2n) is 5.40. The van der Waals surface area contributed by atoms with Crippen molar-refractivity contribution in [1.29, 1.82) is 0 Å². The highest BCUT2D eigenvalue weighted by atomic mass is 19.3. The molecule has 0 fully saturated rings. The lowest BCUT2D eigenvalue weighted by Crippen LogP contribution is -2.44. The minimum absolute atomic E-state index is 0.149. The minimum atomic E-state index is -2.82. The van der Waals surface area contributed by atoms with E-state index in [1.807, 2.05) is 13.0 Å². The van der Waals surface area contributed by atoms with Crippen molar-refractivity contribution in [3.05, 3.63) is 29.8 Å². The average molecular weight is 313 g/mol. The molecule has 0 aliphatic rings. The van der Waals surface area contributed by atoms with Crippen molar-refractivity contribution in [2.45, 2.75) is 46.9 Å². The summed E-state index contributed by atoms with van der Waals surface area (Å²) >= 11 is 0. The minimum Gasteiger partial charge on any atom is -0.435 e. The number of aliphatic imine (C=N–C) groups is 1. The summed E-state index contributed by atoms with van der Waals surface area (Å²) in [6.07, 6.45) is 0. The maximum atomic E-state index is 12.2. The van der Waals surface area contributed by atoms with Gasteiger partial charge in [0.2, 0.25) is 0 Å². The predicted molar refractivity (Wildman–Crippen MR) is 85.3 cm³/mol. The standard InChI is InChI=1S/C16H25F2N3O/c1-5-19-16(21-12(4)11(2)3)20-10-13-7-6-8-14(9-13)22-15(17)18/h6-9,11-12,15H,5,10H2,1-4H3,(H2,19,20,21). The Balaban J connectivity index is 2.73. The molecule has 0 saturated carbocycles. The summed E-state index contributed by atoms with van der Waals surface area (Å²) in [5, 5.41) is 6.50. The lowest BCUT2D eigenvalue weighted by atomic mass is 10.1. The molecule has 1 atom stereocenters. The molecular formula is C16H25F2N3O. The van der Waals surface area contributed by atoms with E-state index in [2.05, 4.69) is 41.1 Å². The van der Waals surface area contributed by atoms with Crippen molar-refractivity contribution in [2.24, 2.45) is 10.9 Å². The highest BCUT2D eigenvalue weighted by molar-refractivity contribution is 5.80. The molecule has 0 aliphatic heterocycles. The lowest BCUT2D eigenvalue weighted by molar-refractivity contribution is -0.0498. The van der Waals surface area contributed by atoms with E-state index in [0.29, 0.717) is 18.4 Å². The number of nitrogens with zero attached hydrogens (tertiary/aromatic N) is 1. The van der Waals surface area contributed by atoms with Crippen LogP contribution in [0.2, 0.25) is 0 Å². The van der Waals surface area contributed by atoms with E-state index in [1.54, 1.807) is 12.1 Å². The molecule has 1 aromatic rings. The number of nitrogens with one attached hydrogen (secondary N) is 2. The second-order valence-corrected chi connectivity index (χ2v) is 5.40. The zero-order valence-corrected chi connectivity index (χ0v) is 13.6. The molecule has 0 heterocycles. The fourth-order valence-electron chi connectivity index (χ4n) is 1.69. The Kier molecular flexibility index (Phi) is 7.63. The quantitative estimate of drug-likeness (QED) is 0.599. The van der Waals surface area contributed by atoms with Crippen LogP contribution in [0.5, 0.6) is 5.75 Å². The summed E-state index contributed by atoms with van der Waals surface area (Å²) < 4.78 is 28.8. The number of benzene rings is 1. The zero-order valence-electron chi connectivity index (χ0n) is 13.6. The Morgan fingerprint density at radius 2 is 2.00 bits per heavy atom. The molecule has 0 amide bonds. The molecule has 124 valence electrons. The second kappa shape index (κ2) is 9.23. The Morgan fingerprint density at radius 3 is 2.59 bits per heavy atom. The van der Waals surface area contributed by atoms with Gasteiger partial charge in [0.25, 0.3) is 0 Å². The van der Waals surface area contributed by atoms with Crippen LogP contribution in [0.3, 0.4) is 0 Å². The zero-order chi connectivity index (χ0) is 16.5. The number of rotatable bonds is 7. The highest BCUT2D eigenvalue weighted by Gasteiger charge is 2.09. The Morgan fingerprint density at radius 1 is 1.27 bits per heavy atom. The molecule has 0 spiro atoms. The van der Waals surface area contributed by atoms with Crippen molar-refractivity contribution < 1.29 is 13.5 Å². The summed E-state index contributed by atoms with van der Waals surface area (Å²) in [6.45, 7) is 6.68. The summed E-state index contributed by atoms with van der Waals surface area (Å²) in [4.78, 5) is 4.48. The van der Waals surface area contributed by atoms with Crippen LogP contribution in [0.1, 0.15) is 33.3 Å². The SMILES string of the molecule is CCNC(=NCc1cccc(OC(F)F)c1)NC(C)C(C)C. The largest absolute Gasteiger partial charge is 0.435 e. The molecule has 0 aliphatic carbocycles. The summed E-state index contributed by atoms with van der Waals surface area (Å²) in [6, 6.07) is 6.87. The molecule has 22 heavy (non-hydrogen) atoms. The summed E-state index contributed by atoms with van der Waals surface area (Å²) in [5.74, 6) is 1.34. The number of hydrogen-bond donors (Lipinski definition) is 2. The first-order valence-corrected chi connectivity index (χ1v) is 7.51. The molecular weight excluding hydrogens is 288 g/mol. The van der Waals surface area contributed by atoms with Gasteiger partial charge in [0.05, 0.1) is 6.54 Å². The number of alkyl halides is 2. The first-order chi connectivity index (χ1) is 10.4. The van der Waals surface area contributed by atoms with Crippen LogP contribution in [0, 0.1) is 5.92 Å². The van der Waals surface area contributed by atoms with E-state index in [9.17, 15) is 8.78 Å². The Labute approximate surface area is 131 Å². The molecule has 1 aromatic carbocycles. The summed E-state index contributed by atoms with van der Waals surface area (Å²) in [5.41, 5.74) is 0.813. The normalized spacial score (nSPS) is 13.4. The molecule has 1 rings (SSSR count). The van der Waals surface area contributed by atoms with Crippen molar-refractivity contribution in [3.63, 3.8) is 0 Å². The van der Waals surface area contributed by atoms with Gasteiger partial charge < -0.3 is 15.4 Å². The summed E-state index contributed by atoms with van der Waals surface area (Å²) in [7, 11) is 0. The average Bonchev–Trinajstić information content (AvgIpc) is 2.44. The monoisotopic (exact) mass is 313 g/mol. The third-order valence-corrected chi connectivity index (χ3v) is 3.25. The fourth-order valence-corrected chi connectivity index (χ4v) is 1.69. The fraction of sp³-hybridized carbons (Fsp3) is 0.562. The van der Waals surface area contributed by atoms with Crippen molar-refractivity contribution in [2.75, 3.05) is 6.54 Å². The molecule has 0 saturated heterocycles.